The van der Waals surface area contributed by atoms with Crippen molar-refractivity contribution in [2.75, 3.05) is 25.5 Å². The summed E-state index contributed by atoms with van der Waals surface area (Å²) >= 11 is 0. The van der Waals surface area contributed by atoms with E-state index in [-0.39, 0.29) is 24.0 Å². The minimum atomic E-state index is 0. The quantitative estimate of drug-likeness (QED) is 0.439. The molecule has 0 radical (unpaired) electrons. The fourth-order valence-electron chi connectivity index (χ4n) is 2.86. The minimum absolute atomic E-state index is 0. The number of nitrogens with two attached hydrogens (primary N) is 1. The molecular formula is C17H29IN4. The van der Waals surface area contributed by atoms with Crippen LogP contribution in [0.25, 0.3) is 0 Å². The maximum absolute atomic E-state index is 5.95. The van der Waals surface area contributed by atoms with E-state index in [9.17, 15) is 0 Å². The lowest BCUT2D eigenvalue weighted by atomic mass is 10.1. The standard InChI is InChI=1S/C17H28N4.HI/c1-13-8-9-15(12-14(13)2)20-17(18)19-10-11-21(3)16-6-4-5-7-16;/h8-9,12,16H,4-7,10-11H2,1-3H3,(H3,18,19,20);1H. The van der Waals surface area contributed by atoms with Crippen molar-refractivity contribution < 1.29 is 0 Å². The highest BCUT2D eigenvalue weighted by Gasteiger charge is 2.18. The molecule has 0 atom stereocenters. The van der Waals surface area contributed by atoms with Gasteiger partial charge in [-0.25, -0.2) is 0 Å². The van der Waals surface area contributed by atoms with E-state index in [0.717, 1.165) is 24.8 Å². The lowest BCUT2D eigenvalue weighted by molar-refractivity contribution is 0.252. The van der Waals surface area contributed by atoms with Gasteiger partial charge >= 0.3 is 0 Å². The molecule has 1 saturated carbocycles. The van der Waals surface area contributed by atoms with E-state index in [1.165, 1.54) is 36.8 Å². The summed E-state index contributed by atoms with van der Waals surface area (Å²) in [5.41, 5.74) is 9.50. The van der Waals surface area contributed by atoms with Crippen molar-refractivity contribution in [2.24, 2.45) is 10.7 Å². The highest BCUT2D eigenvalue weighted by Crippen LogP contribution is 2.21. The second kappa shape index (κ2) is 9.35. The van der Waals surface area contributed by atoms with Crippen LogP contribution >= 0.6 is 24.0 Å². The molecule has 1 fully saturated rings. The molecule has 0 saturated heterocycles. The van der Waals surface area contributed by atoms with Crippen LogP contribution in [-0.4, -0.2) is 37.0 Å². The van der Waals surface area contributed by atoms with Gasteiger partial charge in [0, 0.05) is 18.3 Å². The summed E-state index contributed by atoms with van der Waals surface area (Å²) in [7, 11) is 2.19. The number of nitrogens with zero attached hydrogens (tertiary/aromatic N) is 2. The number of hydrogen-bond acceptors (Lipinski definition) is 2. The van der Waals surface area contributed by atoms with E-state index in [1.54, 1.807) is 0 Å². The van der Waals surface area contributed by atoms with E-state index < -0.39 is 0 Å². The zero-order valence-corrected chi connectivity index (χ0v) is 16.3. The first-order valence-electron chi connectivity index (χ1n) is 7.90. The Balaban J connectivity index is 0.00000242. The lowest BCUT2D eigenvalue weighted by Crippen LogP contribution is -2.32. The summed E-state index contributed by atoms with van der Waals surface area (Å²) in [6.07, 6.45) is 5.40. The van der Waals surface area contributed by atoms with Gasteiger partial charge in [-0.3, -0.25) is 4.99 Å². The van der Waals surface area contributed by atoms with Crippen molar-refractivity contribution in [1.82, 2.24) is 4.90 Å². The minimum Gasteiger partial charge on any atom is -0.370 e. The van der Waals surface area contributed by atoms with Crippen molar-refractivity contribution in [3.05, 3.63) is 29.3 Å². The highest BCUT2D eigenvalue weighted by molar-refractivity contribution is 14.0. The van der Waals surface area contributed by atoms with Crippen molar-refractivity contribution in [1.29, 1.82) is 0 Å². The van der Waals surface area contributed by atoms with Crippen LogP contribution in [0.15, 0.2) is 23.2 Å². The smallest absolute Gasteiger partial charge is 0.193 e. The average molecular weight is 416 g/mol. The maximum Gasteiger partial charge on any atom is 0.193 e. The van der Waals surface area contributed by atoms with Gasteiger partial charge in [-0.15, -0.1) is 24.0 Å². The third-order valence-electron chi connectivity index (χ3n) is 4.46. The van der Waals surface area contributed by atoms with E-state index in [0.29, 0.717) is 5.96 Å². The molecule has 1 aromatic carbocycles. The van der Waals surface area contributed by atoms with Crippen LogP contribution in [0.3, 0.4) is 0 Å². The first-order chi connectivity index (χ1) is 10.1. The molecule has 1 aromatic rings. The Morgan fingerprint density at radius 1 is 1.27 bits per heavy atom. The molecule has 5 heteroatoms. The Labute approximate surface area is 151 Å². The maximum atomic E-state index is 5.95. The van der Waals surface area contributed by atoms with Crippen LogP contribution in [0, 0.1) is 13.8 Å². The second-order valence-corrected chi connectivity index (χ2v) is 6.11. The van der Waals surface area contributed by atoms with Gasteiger partial charge in [0.1, 0.15) is 0 Å². The van der Waals surface area contributed by atoms with Gasteiger partial charge in [0.15, 0.2) is 5.96 Å². The zero-order chi connectivity index (χ0) is 15.2. The van der Waals surface area contributed by atoms with Gasteiger partial charge in [0.2, 0.25) is 0 Å². The highest BCUT2D eigenvalue weighted by atomic mass is 127. The molecule has 0 aliphatic heterocycles. The molecule has 0 spiro atoms. The van der Waals surface area contributed by atoms with E-state index in [1.807, 2.05) is 6.07 Å². The monoisotopic (exact) mass is 416 g/mol. The molecule has 1 aliphatic carbocycles. The number of aliphatic imine (C=N–C) groups is 1. The van der Waals surface area contributed by atoms with E-state index in [4.69, 9.17) is 5.73 Å². The van der Waals surface area contributed by atoms with E-state index in [2.05, 4.69) is 48.2 Å². The zero-order valence-electron chi connectivity index (χ0n) is 13.9. The molecule has 0 unspecified atom stereocenters. The largest absolute Gasteiger partial charge is 0.370 e. The van der Waals surface area contributed by atoms with Crippen molar-refractivity contribution in [2.45, 2.75) is 45.6 Å². The molecule has 4 nitrogen and oxygen atoms in total. The van der Waals surface area contributed by atoms with Crippen LogP contribution in [0.2, 0.25) is 0 Å². The van der Waals surface area contributed by atoms with Crippen LogP contribution < -0.4 is 11.1 Å². The number of guanidine groups is 1. The molecule has 0 aromatic heterocycles. The molecule has 0 bridgehead atoms. The van der Waals surface area contributed by atoms with Crippen LogP contribution in [0.4, 0.5) is 5.69 Å². The second-order valence-electron chi connectivity index (χ2n) is 6.11. The summed E-state index contributed by atoms with van der Waals surface area (Å²) < 4.78 is 0. The van der Waals surface area contributed by atoms with Gasteiger partial charge in [0.05, 0.1) is 6.54 Å². The molecule has 1 aliphatic rings. The van der Waals surface area contributed by atoms with Crippen molar-refractivity contribution in [3.63, 3.8) is 0 Å². The Morgan fingerprint density at radius 3 is 2.59 bits per heavy atom. The number of rotatable bonds is 5. The van der Waals surface area contributed by atoms with Crippen molar-refractivity contribution >= 4 is 35.6 Å². The Morgan fingerprint density at radius 2 is 1.95 bits per heavy atom. The summed E-state index contributed by atoms with van der Waals surface area (Å²) in [5.74, 6) is 0.498. The molecule has 0 amide bonds. The predicted octanol–water partition coefficient (Wildman–Crippen LogP) is 3.52. The van der Waals surface area contributed by atoms with Gasteiger partial charge in [-0.05, 0) is 57.0 Å². The number of aryl methyl sites for hydroxylation is 2. The first kappa shape index (κ1) is 19.2. The molecular weight excluding hydrogens is 387 g/mol. The fraction of sp³-hybridized carbons (Fsp3) is 0.588. The van der Waals surface area contributed by atoms with Gasteiger partial charge in [-0.2, -0.15) is 0 Å². The van der Waals surface area contributed by atoms with Gasteiger partial charge in [0.25, 0.3) is 0 Å². The first-order valence-corrected chi connectivity index (χ1v) is 7.90. The predicted molar refractivity (Wildman–Crippen MR) is 106 cm³/mol. The number of likely N-dealkylation sites (N-methyl/N-ethyl adjacent to an activating group) is 1. The summed E-state index contributed by atoms with van der Waals surface area (Å²) in [5, 5.41) is 3.16. The summed E-state index contributed by atoms with van der Waals surface area (Å²) in [6.45, 7) is 5.93. The SMILES string of the molecule is Cc1ccc(NC(N)=NCCN(C)C2CCCC2)cc1C.I. The van der Waals surface area contributed by atoms with Gasteiger partial charge in [-0.1, -0.05) is 18.9 Å². The summed E-state index contributed by atoms with van der Waals surface area (Å²) in [4.78, 5) is 6.84. The average Bonchev–Trinajstić information content (AvgIpc) is 2.97. The van der Waals surface area contributed by atoms with Crippen LogP contribution in [0.1, 0.15) is 36.8 Å². The number of hydrogen-bond donors (Lipinski definition) is 2. The number of halogens is 1. The Hall–Kier alpha value is -0.820. The third kappa shape index (κ3) is 5.76. The molecule has 2 rings (SSSR count). The van der Waals surface area contributed by atoms with Gasteiger partial charge < -0.3 is 16.0 Å². The molecule has 22 heavy (non-hydrogen) atoms. The molecule has 0 heterocycles. The molecule has 3 N–H and O–H groups in total. The normalized spacial score (nSPS) is 15.9. The number of nitrogens with one attached hydrogen (secondary N) is 1. The summed E-state index contributed by atoms with van der Waals surface area (Å²) in [6, 6.07) is 6.98. The molecule has 124 valence electrons. The van der Waals surface area contributed by atoms with Crippen LogP contribution in [-0.2, 0) is 0 Å². The van der Waals surface area contributed by atoms with Crippen LogP contribution in [0.5, 0.6) is 0 Å². The third-order valence-corrected chi connectivity index (χ3v) is 4.46. The van der Waals surface area contributed by atoms with E-state index >= 15 is 0 Å². The Kier molecular flexibility index (Phi) is 8.17. The fourth-order valence-corrected chi connectivity index (χ4v) is 2.86. The van der Waals surface area contributed by atoms with Crippen molar-refractivity contribution in [3.8, 4) is 0 Å². The number of anilines is 1. The number of benzene rings is 1. The topological polar surface area (TPSA) is 53.6 Å². The Bertz CT molecular complexity index is 495. The lowest BCUT2D eigenvalue weighted by Gasteiger charge is -2.22.